The molecule has 4 aliphatic rings. The molecule has 4 saturated heterocycles. The Bertz CT molecular complexity index is 3580. The Morgan fingerprint density at radius 3 is 1.42 bits per heavy atom. The fraction of sp³-hybridized carbons (Fsp3) is 0.513. The quantitative estimate of drug-likeness (QED) is 0.0440. The number of hydrogen-bond donors (Lipinski definition) is 11. The van der Waals surface area contributed by atoms with Gasteiger partial charge in [0.1, 0.15) is 66.3 Å². The SMILES string of the molecule is C[C@H]1O[C@@H](n2cnc3c(N)ncnc32)CC1NP(O)(=S)OC[C@H]1O[C@@H](n2ccc(N)nc2=O)CC1NP(O)(=S)OC[C@H]1O[C@@H](n2cnc3c(N)ncnc32)CC1NP(O)(=S)OC[C@H]1O[C@@H](n2cnc3c(N)ncnc32)CC1N. The fourth-order valence-corrected chi connectivity index (χ4v) is 14.9. The van der Waals surface area contributed by atoms with Crippen LogP contribution in [0.5, 0.6) is 0 Å². The van der Waals surface area contributed by atoms with Crippen LogP contribution in [0.2, 0.25) is 0 Å². The van der Waals surface area contributed by atoms with Crippen LogP contribution in [0.1, 0.15) is 57.5 Å². The summed E-state index contributed by atoms with van der Waals surface area (Å²) in [6, 6.07) is -1.25. The van der Waals surface area contributed by atoms with Crippen LogP contribution in [-0.4, -0.2) is 151 Å². The molecule has 0 saturated carbocycles. The van der Waals surface area contributed by atoms with Crippen molar-refractivity contribution in [3.05, 3.63) is 60.7 Å². The van der Waals surface area contributed by atoms with E-state index in [0.717, 1.165) is 0 Å². The largest absolute Gasteiger partial charge is 0.383 e. The molecule has 0 spiro atoms. The Morgan fingerprint density at radius 2 is 0.962 bits per heavy atom. The van der Waals surface area contributed by atoms with Crippen molar-refractivity contribution >= 4 is 112 Å². The van der Waals surface area contributed by atoms with Crippen molar-refractivity contribution in [3.63, 3.8) is 0 Å². The van der Waals surface area contributed by atoms with Gasteiger partial charge in [-0.2, -0.15) is 4.98 Å². The summed E-state index contributed by atoms with van der Waals surface area (Å²) in [5.41, 5.74) is 32.1. The summed E-state index contributed by atoms with van der Waals surface area (Å²) in [7, 11) is 0. The van der Waals surface area contributed by atoms with Crippen LogP contribution < -0.4 is 49.6 Å². The van der Waals surface area contributed by atoms with Crippen molar-refractivity contribution in [2.75, 3.05) is 42.8 Å². The lowest BCUT2D eigenvalue weighted by molar-refractivity contribution is -0.0251. The molecule has 7 aromatic rings. The minimum absolute atomic E-state index is 0.00409. The van der Waals surface area contributed by atoms with Gasteiger partial charge in [-0.05, 0) is 48.4 Å². The molecule has 33 nitrogen and oxygen atoms in total. The predicted octanol–water partition coefficient (Wildman–Crippen LogP) is -0.836. The Hall–Kier alpha value is -4.88. The molecular weight excluding hydrogens is 1140 g/mol. The molecule has 16 N–H and O–H groups in total. The van der Waals surface area contributed by atoms with Crippen LogP contribution in [0.25, 0.3) is 33.5 Å². The first-order valence-electron chi connectivity index (χ1n) is 23.9. The molecule has 0 bridgehead atoms. The molecule has 418 valence electrons. The Labute approximate surface area is 456 Å². The van der Waals surface area contributed by atoms with E-state index in [4.69, 9.17) is 96.6 Å². The average molecular weight is 1200 g/mol. The minimum atomic E-state index is -4.04. The number of ether oxygens (including phenoxy) is 4. The summed E-state index contributed by atoms with van der Waals surface area (Å²) in [6.45, 7) is -10.8. The molecule has 4 fully saturated rings. The van der Waals surface area contributed by atoms with E-state index in [2.05, 4.69) is 65.1 Å². The molecule has 0 radical (unpaired) electrons. The third-order valence-electron chi connectivity index (χ3n) is 13.6. The maximum absolute atomic E-state index is 13.0. The lowest BCUT2D eigenvalue weighted by atomic mass is 10.1. The van der Waals surface area contributed by atoms with Crippen molar-refractivity contribution < 1.29 is 47.2 Å². The Balaban J connectivity index is 0.764. The maximum Gasteiger partial charge on any atom is 0.351 e. The van der Waals surface area contributed by atoms with Crippen molar-refractivity contribution in [1.29, 1.82) is 0 Å². The summed E-state index contributed by atoms with van der Waals surface area (Å²) in [4.78, 5) is 90.0. The average Bonchev–Trinajstić information content (AvgIpc) is 4.37. The first-order valence-corrected chi connectivity index (χ1v) is 32.0. The van der Waals surface area contributed by atoms with Crippen LogP contribution in [0.15, 0.2) is 55.0 Å². The van der Waals surface area contributed by atoms with Gasteiger partial charge in [0.05, 0.1) is 63.2 Å². The van der Waals surface area contributed by atoms with E-state index in [1.165, 1.54) is 48.5 Å². The third kappa shape index (κ3) is 11.5. The van der Waals surface area contributed by atoms with Gasteiger partial charge in [0.2, 0.25) is 0 Å². The zero-order chi connectivity index (χ0) is 54.8. The molecule has 78 heavy (non-hydrogen) atoms. The van der Waals surface area contributed by atoms with Crippen LogP contribution in [-0.2, 0) is 67.9 Å². The number of imidazole rings is 3. The lowest BCUT2D eigenvalue weighted by Crippen LogP contribution is -2.40. The van der Waals surface area contributed by atoms with Gasteiger partial charge >= 0.3 is 5.69 Å². The highest BCUT2D eigenvalue weighted by atomic mass is 32.5. The molecule has 11 rings (SSSR count). The second-order valence-corrected chi connectivity index (χ2v) is 27.9. The maximum atomic E-state index is 13.0. The number of nitrogen functional groups attached to an aromatic ring is 4. The number of hydrogen-bond acceptors (Lipinski definition) is 26. The third-order valence-corrected chi connectivity index (χ3v) is 19.0. The van der Waals surface area contributed by atoms with Crippen LogP contribution in [0.3, 0.4) is 0 Å². The molecule has 0 amide bonds. The van der Waals surface area contributed by atoms with Gasteiger partial charge < -0.3 is 75.9 Å². The first-order chi connectivity index (χ1) is 37.2. The van der Waals surface area contributed by atoms with E-state index in [0.29, 0.717) is 46.3 Å². The van der Waals surface area contributed by atoms with Gasteiger partial charge in [-0.25, -0.2) is 64.9 Å². The van der Waals surface area contributed by atoms with E-state index in [1.807, 2.05) is 6.92 Å². The van der Waals surface area contributed by atoms with Crippen LogP contribution in [0, 0.1) is 0 Å². The molecule has 0 aliphatic carbocycles. The second-order valence-electron chi connectivity index (χ2n) is 18.7. The van der Waals surface area contributed by atoms with E-state index in [-0.39, 0.29) is 55.9 Å². The molecule has 11 heterocycles. The van der Waals surface area contributed by atoms with Crippen LogP contribution in [0.4, 0.5) is 23.3 Å². The monoisotopic (exact) mass is 1190 g/mol. The standard InChI is InChI=1S/C39H53N22O11P3S3/c1-17-19(5-28(69-17)60-15-52-31-34(43)46-12-49-37(31)60)55-73(63,76)67-9-23-20(6-27(71-23)58-3-2-25(41)54-39(58)62)56-75(65,78)68-10-24-21(7-29(72-24)61-16-53-32-35(44)47-13-50-38(32)61)57-74(64,77)66-8-22-18(40)4-26(70-22)59-14-51-30-33(42)45-11-48-36(30)59/h2-3,11-24,26-29H,4-10,40H2,1H3,(H2,41,54,62)(H2,42,45,48)(H2,43,46,49)(H2,44,47,50)(H2,55,63,76)(H2,56,65,78)(H2,57,64,77)/t17-,18?,19?,20?,21?,22-,23-,24-,26-,27-,28-,29-,73?,74?,75?/m1/s1. The van der Waals surface area contributed by atoms with E-state index in [9.17, 15) is 19.5 Å². The summed E-state index contributed by atoms with van der Waals surface area (Å²) in [5, 5.41) is 9.09. The summed E-state index contributed by atoms with van der Waals surface area (Å²) in [5.74, 6) is 0.578. The Kier molecular flexibility index (Phi) is 15.4. The van der Waals surface area contributed by atoms with Crippen molar-refractivity contribution in [1.82, 2.24) is 83.4 Å². The fourth-order valence-electron chi connectivity index (χ4n) is 9.76. The highest BCUT2D eigenvalue weighted by Gasteiger charge is 2.45. The first kappa shape index (κ1) is 55.0. The van der Waals surface area contributed by atoms with Gasteiger partial charge in [-0.3, -0.25) is 18.3 Å². The number of nitrogens with zero attached hydrogens (tertiary/aromatic N) is 14. The molecule has 7 aromatic heterocycles. The lowest BCUT2D eigenvalue weighted by Gasteiger charge is -2.29. The molecule has 4 aliphatic heterocycles. The van der Waals surface area contributed by atoms with E-state index >= 15 is 0 Å². The minimum Gasteiger partial charge on any atom is -0.383 e. The summed E-state index contributed by atoms with van der Waals surface area (Å²) in [6.07, 6.45) is 4.84. The normalized spacial score (nSPS) is 29.9. The van der Waals surface area contributed by atoms with E-state index in [1.54, 1.807) is 20.0 Å². The molecule has 0 aromatic carbocycles. The van der Waals surface area contributed by atoms with Crippen molar-refractivity contribution in [2.45, 2.75) is 106 Å². The number of anilines is 4. The number of nitrogens with one attached hydrogen (secondary N) is 3. The summed E-state index contributed by atoms with van der Waals surface area (Å²) >= 11 is 17.0. The van der Waals surface area contributed by atoms with Gasteiger partial charge in [0.15, 0.2) is 34.4 Å². The van der Waals surface area contributed by atoms with Gasteiger partial charge in [0.25, 0.3) is 19.9 Å². The highest BCUT2D eigenvalue weighted by Crippen LogP contribution is 2.48. The zero-order valence-corrected chi connectivity index (χ0v) is 46.0. The van der Waals surface area contributed by atoms with Crippen molar-refractivity contribution in [3.8, 4) is 0 Å². The zero-order valence-electron chi connectivity index (χ0n) is 40.8. The van der Waals surface area contributed by atoms with Crippen molar-refractivity contribution in [2.24, 2.45) is 5.73 Å². The highest BCUT2D eigenvalue weighted by molar-refractivity contribution is 8.09. The van der Waals surface area contributed by atoms with Crippen LogP contribution >= 0.6 is 19.9 Å². The molecule has 15 atom stereocenters. The molecule has 7 unspecified atom stereocenters. The number of aromatic nitrogens is 14. The topological polar surface area (TPSA) is 457 Å². The second kappa shape index (κ2) is 21.9. The smallest absolute Gasteiger partial charge is 0.351 e. The Morgan fingerprint density at radius 1 is 0.577 bits per heavy atom. The molecular formula is C39H53N22O11P3S3. The van der Waals surface area contributed by atoms with Gasteiger partial charge in [-0.15, -0.1) is 0 Å². The van der Waals surface area contributed by atoms with Gasteiger partial charge in [-0.1, -0.05) is 0 Å². The number of nitrogens with two attached hydrogens (primary N) is 5. The molecule has 39 heteroatoms. The number of fused-ring (bicyclic) bond motifs is 3. The predicted molar refractivity (Wildman–Crippen MR) is 288 cm³/mol. The van der Waals surface area contributed by atoms with E-state index < -0.39 is 99.1 Å². The summed E-state index contributed by atoms with van der Waals surface area (Å²) < 4.78 is 49.7. The van der Waals surface area contributed by atoms with Gasteiger partial charge in [0, 0.05) is 56.0 Å². The number of rotatable bonds is 19.